The van der Waals surface area contributed by atoms with Gasteiger partial charge in [-0.25, -0.2) is 4.79 Å². The van der Waals surface area contributed by atoms with E-state index in [0.29, 0.717) is 18.5 Å². The van der Waals surface area contributed by atoms with E-state index in [0.717, 1.165) is 17.7 Å². The van der Waals surface area contributed by atoms with Gasteiger partial charge in [0.1, 0.15) is 12.6 Å². The number of benzene rings is 2. The van der Waals surface area contributed by atoms with Crippen LogP contribution in [0.25, 0.3) is 0 Å². The van der Waals surface area contributed by atoms with E-state index in [1.807, 2.05) is 30.3 Å². The first-order chi connectivity index (χ1) is 15.1. The fourth-order valence-corrected chi connectivity index (χ4v) is 3.52. The van der Waals surface area contributed by atoms with E-state index in [2.05, 4.69) is 5.32 Å². The lowest BCUT2D eigenvalue weighted by Crippen LogP contribution is -2.41. The molecule has 0 radical (unpaired) electrons. The average Bonchev–Trinajstić information content (AvgIpc) is 3.50. The fourth-order valence-electron chi connectivity index (χ4n) is 3.52. The van der Waals surface area contributed by atoms with Crippen molar-refractivity contribution in [2.24, 2.45) is 0 Å². The van der Waals surface area contributed by atoms with Gasteiger partial charge in [-0.15, -0.1) is 0 Å². The number of furan rings is 1. The van der Waals surface area contributed by atoms with E-state index < -0.39 is 12.0 Å². The molecular weight excluding hydrogens is 396 g/mol. The molecule has 0 spiro atoms. The van der Waals surface area contributed by atoms with E-state index >= 15 is 0 Å². The third kappa shape index (κ3) is 4.83. The predicted molar refractivity (Wildman–Crippen MR) is 113 cm³/mol. The second kappa shape index (κ2) is 9.30. The van der Waals surface area contributed by atoms with E-state index in [1.165, 1.54) is 11.2 Å². The maximum absolute atomic E-state index is 12.6. The number of likely N-dealkylation sites (tertiary alicyclic amines) is 1. The Morgan fingerprint density at radius 1 is 1.00 bits per heavy atom. The summed E-state index contributed by atoms with van der Waals surface area (Å²) in [6, 6.07) is 18.7. The number of ether oxygens (including phenoxy) is 1. The molecule has 1 atom stereocenters. The van der Waals surface area contributed by atoms with Gasteiger partial charge in [-0.05, 0) is 54.8 Å². The Morgan fingerprint density at radius 3 is 2.48 bits per heavy atom. The highest BCUT2D eigenvalue weighted by molar-refractivity contribution is 6.04. The molecule has 1 fully saturated rings. The van der Waals surface area contributed by atoms with Crippen LogP contribution in [0.1, 0.15) is 39.3 Å². The van der Waals surface area contributed by atoms with Crippen LogP contribution in [-0.2, 0) is 16.1 Å². The van der Waals surface area contributed by atoms with Crippen molar-refractivity contribution in [3.05, 3.63) is 89.9 Å². The number of amides is 2. The van der Waals surface area contributed by atoms with E-state index in [9.17, 15) is 14.4 Å². The molecule has 1 N–H and O–H groups in total. The number of carbonyl (C=O) groups excluding carboxylic acids is 3. The fraction of sp³-hybridized carbons (Fsp3) is 0.208. The standard InChI is InChI=1S/C24H22N2O5/c27-22(25-19-6-2-1-3-7-19)18-12-10-17(11-13-18)16-31-24(29)20-8-4-14-26(20)23(28)21-9-5-15-30-21/h1-3,5-7,9-13,15,20H,4,8,14,16H2,(H,25,27)/t20-/m1/s1. The van der Waals surface area contributed by atoms with E-state index in [1.54, 1.807) is 36.4 Å². The highest BCUT2D eigenvalue weighted by Gasteiger charge is 2.36. The second-order valence-corrected chi connectivity index (χ2v) is 7.26. The zero-order valence-electron chi connectivity index (χ0n) is 16.8. The van der Waals surface area contributed by atoms with Gasteiger partial charge in [0, 0.05) is 17.8 Å². The van der Waals surface area contributed by atoms with Crippen LogP contribution in [-0.4, -0.2) is 35.3 Å². The largest absolute Gasteiger partial charge is 0.459 e. The third-order valence-electron chi connectivity index (χ3n) is 5.15. The Kier molecular flexibility index (Phi) is 6.12. The van der Waals surface area contributed by atoms with Gasteiger partial charge in [-0.2, -0.15) is 0 Å². The van der Waals surface area contributed by atoms with Gasteiger partial charge < -0.3 is 19.4 Å². The zero-order valence-corrected chi connectivity index (χ0v) is 16.8. The summed E-state index contributed by atoms with van der Waals surface area (Å²) in [5, 5.41) is 2.82. The maximum Gasteiger partial charge on any atom is 0.329 e. The summed E-state index contributed by atoms with van der Waals surface area (Å²) >= 11 is 0. The van der Waals surface area contributed by atoms with Crippen LogP contribution >= 0.6 is 0 Å². The summed E-state index contributed by atoms with van der Waals surface area (Å²) in [4.78, 5) is 38.9. The average molecular weight is 418 g/mol. The number of hydrogen-bond donors (Lipinski definition) is 1. The number of nitrogens with zero attached hydrogens (tertiary/aromatic N) is 1. The molecule has 4 rings (SSSR count). The molecule has 7 nitrogen and oxygen atoms in total. The molecule has 0 saturated carbocycles. The van der Waals surface area contributed by atoms with Gasteiger partial charge in [-0.1, -0.05) is 30.3 Å². The molecule has 1 aliphatic rings. The van der Waals surface area contributed by atoms with Crippen molar-refractivity contribution >= 4 is 23.5 Å². The zero-order chi connectivity index (χ0) is 21.6. The van der Waals surface area contributed by atoms with Crippen LogP contribution in [0.5, 0.6) is 0 Å². The van der Waals surface area contributed by atoms with Crippen molar-refractivity contribution in [1.82, 2.24) is 4.90 Å². The van der Waals surface area contributed by atoms with Crippen LogP contribution in [0.15, 0.2) is 77.4 Å². The first-order valence-corrected chi connectivity index (χ1v) is 10.1. The lowest BCUT2D eigenvalue weighted by atomic mass is 10.1. The van der Waals surface area contributed by atoms with Crippen LogP contribution in [0.2, 0.25) is 0 Å². The molecule has 3 aromatic rings. The van der Waals surface area contributed by atoms with Gasteiger partial charge in [-0.3, -0.25) is 9.59 Å². The molecule has 1 aliphatic heterocycles. The monoisotopic (exact) mass is 418 g/mol. The van der Waals surface area contributed by atoms with Crippen LogP contribution < -0.4 is 5.32 Å². The van der Waals surface area contributed by atoms with Gasteiger partial charge in [0.15, 0.2) is 5.76 Å². The molecule has 0 unspecified atom stereocenters. The van der Waals surface area contributed by atoms with Crippen molar-refractivity contribution in [2.45, 2.75) is 25.5 Å². The van der Waals surface area contributed by atoms with Crippen molar-refractivity contribution < 1.29 is 23.5 Å². The topological polar surface area (TPSA) is 88.9 Å². The molecule has 31 heavy (non-hydrogen) atoms. The molecule has 0 aliphatic carbocycles. The molecular formula is C24H22N2O5. The molecule has 158 valence electrons. The molecule has 2 heterocycles. The van der Waals surface area contributed by atoms with Crippen molar-refractivity contribution in [3.8, 4) is 0 Å². The van der Waals surface area contributed by atoms with Gasteiger partial charge in [0.2, 0.25) is 0 Å². The SMILES string of the molecule is O=C(Nc1ccccc1)c1ccc(COC(=O)[C@H]2CCCN2C(=O)c2ccco2)cc1. The molecule has 1 aromatic heterocycles. The lowest BCUT2D eigenvalue weighted by Gasteiger charge is -2.22. The van der Waals surface area contributed by atoms with Gasteiger partial charge in [0.05, 0.1) is 6.26 Å². The molecule has 0 bridgehead atoms. The minimum atomic E-state index is -0.617. The highest BCUT2D eigenvalue weighted by atomic mass is 16.5. The first kappa shape index (κ1) is 20.4. The normalized spacial score (nSPS) is 15.5. The number of esters is 1. The molecule has 7 heteroatoms. The maximum atomic E-state index is 12.6. The number of anilines is 1. The quantitative estimate of drug-likeness (QED) is 0.614. The van der Waals surface area contributed by atoms with E-state index in [-0.39, 0.29) is 24.2 Å². The summed E-state index contributed by atoms with van der Waals surface area (Å²) in [6.45, 7) is 0.559. The molecule has 2 aromatic carbocycles. The number of hydrogen-bond acceptors (Lipinski definition) is 5. The Balaban J connectivity index is 1.32. The lowest BCUT2D eigenvalue weighted by molar-refractivity contribution is -0.149. The summed E-state index contributed by atoms with van der Waals surface area (Å²) in [7, 11) is 0. The number of nitrogens with one attached hydrogen (secondary N) is 1. The van der Waals surface area contributed by atoms with E-state index in [4.69, 9.17) is 9.15 Å². The Morgan fingerprint density at radius 2 is 1.77 bits per heavy atom. The second-order valence-electron chi connectivity index (χ2n) is 7.26. The first-order valence-electron chi connectivity index (χ1n) is 10.1. The Hall–Kier alpha value is -3.87. The minimum Gasteiger partial charge on any atom is -0.459 e. The number of para-hydroxylation sites is 1. The number of rotatable bonds is 6. The van der Waals surface area contributed by atoms with Crippen molar-refractivity contribution in [2.75, 3.05) is 11.9 Å². The van der Waals surface area contributed by atoms with Gasteiger partial charge in [0.25, 0.3) is 11.8 Å². The summed E-state index contributed by atoms with van der Waals surface area (Å²) in [5.74, 6) is -0.751. The Labute approximate surface area is 179 Å². The Bertz CT molecular complexity index is 1050. The minimum absolute atomic E-state index is 0.0682. The summed E-state index contributed by atoms with van der Waals surface area (Å²) < 4.78 is 10.6. The molecule has 1 saturated heterocycles. The van der Waals surface area contributed by atoms with Crippen LogP contribution in [0.3, 0.4) is 0 Å². The summed E-state index contributed by atoms with van der Waals surface area (Å²) in [5.41, 5.74) is 1.98. The van der Waals surface area contributed by atoms with Gasteiger partial charge >= 0.3 is 5.97 Å². The van der Waals surface area contributed by atoms with Crippen molar-refractivity contribution in [3.63, 3.8) is 0 Å². The predicted octanol–water partition coefficient (Wildman–Crippen LogP) is 3.88. The summed E-state index contributed by atoms with van der Waals surface area (Å²) in [6.07, 6.45) is 2.72. The molecule has 2 amide bonds. The highest BCUT2D eigenvalue weighted by Crippen LogP contribution is 2.22. The van der Waals surface area contributed by atoms with Crippen LogP contribution in [0, 0.1) is 0 Å². The number of carbonyl (C=O) groups is 3. The smallest absolute Gasteiger partial charge is 0.329 e. The third-order valence-corrected chi connectivity index (χ3v) is 5.15. The van der Waals surface area contributed by atoms with Crippen molar-refractivity contribution in [1.29, 1.82) is 0 Å². The van der Waals surface area contributed by atoms with Crippen LogP contribution in [0.4, 0.5) is 5.69 Å².